The quantitative estimate of drug-likeness (QED) is 0.187. The number of nitrogens with zero attached hydrogens (tertiary/aromatic N) is 2. The van der Waals surface area contributed by atoms with Gasteiger partial charge in [-0.25, -0.2) is 0 Å². The molecule has 1 aliphatic rings. The monoisotopic (exact) mass is 478 g/mol. The molecule has 3 aromatic rings. The van der Waals surface area contributed by atoms with Crippen LogP contribution in [0.25, 0.3) is 5.76 Å². The molecule has 0 aromatic heterocycles. The van der Waals surface area contributed by atoms with Gasteiger partial charge in [0.1, 0.15) is 11.8 Å². The average Bonchev–Trinajstić information content (AvgIpc) is 3.04. The molecule has 0 saturated carbocycles. The lowest BCUT2D eigenvalue weighted by molar-refractivity contribution is -0.385. The van der Waals surface area contributed by atoms with Gasteiger partial charge in [0.15, 0.2) is 0 Å². The van der Waals surface area contributed by atoms with Crippen LogP contribution >= 0.6 is 15.9 Å². The summed E-state index contributed by atoms with van der Waals surface area (Å²) in [5.41, 5.74) is 0.369. The molecule has 1 saturated heterocycles. The van der Waals surface area contributed by atoms with Crippen LogP contribution in [0, 0.1) is 10.1 Å². The van der Waals surface area contributed by atoms with Gasteiger partial charge in [0.2, 0.25) is 0 Å². The highest BCUT2D eigenvalue weighted by molar-refractivity contribution is 9.10. The lowest BCUT2D eigenvalue weighted by Crippen LogP contribution is -2.29. The Labute approximate surface area is 185 Å². The average molecular weight is 479 g/mol. The molecule has 154 valence electrons. The lowest BCUT2D eigenvalue weighted by Gasteiger charge is -2.25. The second-order valence-corrected chi connectivity index (χ2v) is 7.75. The molecule has 1 unspecified atom stereocenters. The number of amides is 1. The predicted molar refractivity (Wildman–Crippen MR) is 118 cm³/mol. The normalized spacial score (nSPS) is 17.7. The van der Waals surface area contributed by atoms with Gasteiger partial charge in [-0.2, -0.15) is 0 Å². The van der Waals surface area contributed by atoms with E-state index in [-0.39, 0.29) is 22.6 Å². The number of rotatable bonds is 4. The van der Waals surface area contributed by atoms with Gasteiger partial charge in [0, 0.05) is 21.8 Å². The minimum Gasteiger partial charge on any atom is -0.507 e. The van der Waals surface area contributed by atoms with Gasteiger partial charge in [-0.3, -0.25) is 24.6 Å². The Morgan fingerprint density at radius 2 is 1.65 bits per heavy atom. The van der Waals surface area contributed by atoms with E-state index in [9.17, 15) is 24.8 Å². The standard InChI is InChI=1S/C23H15BrN2O5/c24-15-9-6-10-16(13-15)25-20(17-11-4-5-12-18(17)26(30)31)19(22(28)23(25)29)21(27)14-7-2-1-3-8-14/h1-13,20,27H/b21-19-. The van der Waals surface area contributed by atoms with Gasteiger partial charge in [-0.05, 0) is 24.3 Å². The summed E-state index contributed by atoms with van der Waals surface area (Å²) in [5, 5.41) is 22.7. The molecule has 1 heterocycles. The zero-order valence-electron chi connectivity index (χ0n) is 15.9. The van der Waals surface area contributed by atoms with Crippen LogP contribution in [0.15, 0.2) is 88.9 Å². The van der Waals surface area contributed by atoms with Crippen molar-refractivity contribution in [1.29, 1.82) is 0 Å². The molecule has 3 aromatic carbocycles. The Balaban J connectivity index is 2.02. The van der Waals surface area contributed by atoms with Gasteiger partial charge in [-0.1, -0.05) is 64.5 Å². The number of nitro groups is 1. The number of hydrogen-bond acceptors (Lipinski definition) is 5. The first kappa shape index (κ1) is 20.5. The smallest absolute Gasteiger partial charge is 0.300 e. The van der Waals surface area contributed by atoms with Crippen LogP contribution in [0.5, 0.6) is 0 Å². The highest BCUT2D eigenvalue weighted by atomic mass is 79.9. The maximum absolute atomic E-state index is 13.1. The van der Waals surface area contributed by atoms with Crippen LogP contribution in [0.2, 0.25) is 0 Å². The van der Waals surface area contributed by atoms with E-state index in [1.807, 2.05) is 0 Å². The number of anilines is 1. The second-order valence-electron chi connectivity index (χ2n) is 6.83. The Bertz CT molecular complexity index is 1240. The first-order chi connectivity index (χ1) is 14.9. The summed E-state index contributed by atoms with van der Waals surface area (Å²) in [7, 11) is 0. The Morgan fingerprint density at radius 3 is 2.32 bits per heavy atom. The van der Waals surface area contributed by atoms with Gasteiger partial charge in [-0.15, -0.1) is 0 Å². The topological polar surface area (TPSA) is 101 Å². The van der Waals surface area contributed by atoms with E-state index in [4.69, 9.17) is 0 Å². The summed E-state index contributed by atoms with van der Waals surface area (Å²) in [6, 6.07) is 19.7. The third kappa shape index (κ3) is 3.62. The van der Waals surface area contributed by atoms with Crippen LogP contribution in [-0.4, -0.2) is 21.7 Å². The number of aliphatic hydroxyl groups is 1. The third-order valence-corrected chi connectivity index (χ3v) is 5.50. The Hall–Kier alpha value is -3.78. The number of nitro benzene ring substituents is 1. The Morgan fingerprint density at radius 1 is 0.968 bits per heavy atom. The summed E-state index contributed by atoms with van der Waals surface area (Å²) in [6.45, 7) is 0. The summed E-state index contributed by atoms with van der Waals surface area (Å²) < 4.78 is 0.663. The molecule has 1 amide bonds. The molecular weight excluding hydrogens is 464 g/mol. The molecule has 0 spiro atoms. The largest absolute Gasteiger partial charge is 0.507 e. The molecule has 0 aliphatic carbocycles. The number of benzene rings is 3. The summed E-state index contributed by atoms with van der Waals surface area (Å²) in [5.74, 6) is -2.18. The molecule has 7 nitrogen and oxygen atoms in total. The molecule has 0 radical (unpaired) electrons. The van der Waals surface area contributed by atoms with E-state index < -0.39 is 22.7 Å². The van der Waals surface area contributed by atoms with Crippen molar-refractivity contribution >= 4 is 44.8 Å². The van der Waals surface area contributed by atoms with Crippen LogP contribution < -0.4 is 4.90 Å². The SMILES string of the molecule is O=C1C(=O)N(c2cccc(Br)c2)C(c2ccccc2[N+](=O)[O-])/C1=C(/O)c1ccccc1. The van der Waals surface area contributed by atoms with Crippen molar-refractivity contribution in [2.75, 3.05) is 4.90 Å². The van der Waals surface area contributed by atoms with Crippen LogP contribution in [0.4, 0.5) is 11.4 Å². The molecule has 0 bridgehead atoms. The van der Waals surface area contributed by atoms with Crippen LogP contribution in [-0.2, 0) is 9.59 Å². The molecule has 31 heavy (non-hydrogen) atoms. The van der Waals surface area contributed by atoms with E-state index in [2.05, 4.69) is 15.9 Å². The van der Waals surface area contributed by atoms with E-state index in [0.29, 0.717) is 15.7 Å². The number of ketones is 1. The predicted octanol–water partition coefficient (Wildman–Crippen LogP) is 4.98. The molecule has 1 fully saturated rings. The van der Waals surface area contributed by atoms with Crippen molar-refractivity contribution in [3.8, 4) is 0 Å². The van der Waals surface area contributed by atoms with Crippen molar-refractivity contribution in [2.45, 2.75) is 6.04 Å². The maximum Gasteiger partial charge on any atom is 0.300 e. The number of hydrogen-bond donors (Lipinski definition) is 1. The highest BCUT2D eigenvalue weighted by Crippen LogP contribution is 2.45. The van der Waals surface area contributed by atoms with E-state index in [0.717, 1.165) is 0 Å². The fourth-order valence-electron chi connectivity index (χ4n) is 3.66. The maximum atomic E-state index is 13.1. The molecular formula is C23H15BrN2O5. The first-order valence-electron chi connectivity index (χ1n) is 9.25. The lowest BCUT2D eigenvalue weighted by atomic mass is 9.94. The van der Waals surface area contributed by atoms with Gasteiger partial charge >= 0.3 is 0 Å². The fraction of sp³-hybridized carbons (Fsp3) is 0.0435. The summed E-state index contributed by atoms with van der Waals surface area (Å²) >= 11 is 3.35. The van der Waals surface area contributed by atoms with E-state index >= 15 is 0 Å². The number of carbonyl (C=O) groups is 2. The minimum atomic E-state index is -1.17. The van der Waals surface area contributed by atoms with Gasteiger partial charge < -0.3 is 5.11 Å². The minimum absolute atomic E-state index is 0.129. The van der Waals surface area contributed by atoms with Crippen LogP contribution in [0.3, 0.4) is 0 Å². The Kier molecular flexibility index (Phi) is 5.39. The number of para-hydroxylation sites is 1. The molecule has 1 atom stereocenters. The van der Waals surface area contributed by atoms with E-state index in [1.54, 1.807) is 60.7 Å². The molecule has 1 aliphatic heterocycles. The van der Waals surface area contributed by atoms with Gasteiger partial charge in [0.25, 0.3) is 17.4 Å². The van der Waals surface area contributed by atoms with Crippen LogP contribution in [0.1, 0.15) is 17.2 Å². The number of halogens is 1. The van der Waals surface area contributed by atoms with Crippen molar-refractivity contribution < 1.29 is 19.6 Å². The first-order valence-corrected chi connectivity index (χ1v) is 10.0. The number of carbonyl (C=O) groups excluding carboxylic acids is 2. The third-order valence-electron chi connectivity index (χ3n) is 5.01. The zero-order valence-corrected chi connectivity index (χ0v) is 17.5. The van der Waals surface area contributed by atoms with Crippen molar-refractivity contribution in [1.82, 2.24) is 0 Å². The fourth-order valence-corrected chi connectivity index (χ4v) is 4.04. The summed E-state index contributed by atoms with van der Waals surface area (Å²) in [4.78, 5) is 38.5. The second kappa shape index (κ2) is 8.16. The molecule has 1 N–H and O–H groups in total. The summed E-state index contributed by atoms with van der Waals surface area (Å²) in [6.07, 6.45) is 0. The van der Waals surface area contributed by atoms with Gasteiger partial charge in [0.05, 0.1) is 16.1 Å². The zero-order chi connectivity index (χ0) is 22.1. The number of aliphatic hydroxyl groups excluding tert-OH is 1. The van der Waals surface area contributed by atoms with Crippen molar-refractivity contribution in [3.05, 3.63) is 110 Å². The number of Topliss-reactive ketones (excluding diaryl/α,β-unsaturated/α-hetero) is 1. The van der Waals surface area contributed by atoms with E-state index in [1.165, 1.54) is 23.1 Å². The van der Waals surface area contributed by atoms with Crippen molar-refractivity contribution in [2.24, 2.45) is 0 Å². The van der Waals surface area contributed by atoms with Crippen molar-refractivity contribution in [3.63, 3.8) is 0 Å². The molecule has 8 heteroatoms. The highest BCUT2D eigenvalue weighted by Gasteiger charge is 2.48. The molecule has 4 rings (SSSR count).